The molecule has 0 heterocycles. The summed E-state index contributed by atoms with van der Waals surface area (Å²) in [6.45, 7) is 8.11. The number of rotatable bonds is 8. The van der Waals surface area contributed by atoms with Crippen LogP contribution in [0.2, 0.25) is 0 Å². The number of allylic oxidation sites excluding steroid dienone is 1. The highest BCUT2D eigenvalue weighted by molar-refractivity contribution is 5.86. The van der Waals surface area contributed by atoms with E-state index >= 15 is 0 Å². The molecule has 0 radical (unpaired) electrons. The molecule has 0 bridgehead atoms. The van der Waals surface area contributed by atoms with Gasteiger partial charge in [0.15, 0.2) is 0 Å². The van der Waals surface area contributed by atoms with Crippen molar-refractivity contribution in [2.45, 2.75) is 33.6 Å². The maximum absolute atomic E-state index is 5.44. The van der Waals surface area contributed by atoms with E-state index in [9.17, 15) is 0 Å². The summed E-state index contributed by atoms with van der Waals surface area (Å²) in [6.07, 6.45) is 3.99. The van der Waals surface area contributed by atoms with Gasteiger partial charge in [-0.3, -0.25) is 4.99 Å². The molecule has 0 unspecified atom stereocenters. The lowest BCUT2D eigenvalue weighted by atomic mass is 10.2. The van der Waals surface area contributed by atoms with E-state index in [0.29, 0.717) is 19.8 Å². The van der Waals surface area contributed by atoms with E-state index in [0.717, 1.165) is 18.6 Å². The highest BCUT2D eigenvalue weighted by atomic mass is 16.5. The summed E-state index contributed by atoms with van der Waals surface area (Å²) in [6, 6.07) is 0. The second kappa shape index (κ2) is 9.87. The average molecular weight is 213 g/mol. The lowest BCUT2D eigenvalue weighted by Crippen LogP contribution is -2.11. The Bertz CT molecular complexity index is 206. The number of nitrogens with zero attached hydrogens (tertiary/aromatic N) is 1. The van der Waals surface area contributed by atoms with Gasteiger partial charge in [0.2, 0.25) is 0 Å². The zero-order chi connectivity index (χ0) is 11.5. The number of aliphatic imine (C=N–C) groups is 1. The first-order valence-electron chi connectivity index (χ1n) is 5.46. The molecule has 0 saturated heterocycles. The molecule has 15 heavy (non-hydrogen) atoms. The topological polar surface area (TPSA) is 30.8 Å². The van der Waals surface area contributed by atoms with Crippen molar-refractivity contribution in [1.29, 1.82) is 0 Å². The van der Waals surface area contributed by atoms with Crippen LogP contribution in [0.25, 0.3) is 0 Å². The molecule has 0 aromatic heterocycles. The normalized spacial score (nSPS) is 11.6. The maximum Gasteiger partial charge on any atom is 0.0849 e. The number of hydrogen-bond donors (Lipinski definition) is 0. The van der Waals surface area contributed by atoms with Crippen LogP contribution < -0.4 is 0 Å². The van der Waals surface area contributed by atoms with Crippen molar-refractivity contribution in [2.24, 2.45) is 4.99 Å². The Morgan fingerprint density at radius 1 is 1.27 bits per heavy atom. The molecule has 0 saturated carbocycles. The molecule has 0 aromatic carbocycles. The molecule has 0 aromatic rings. The molecule has 3 nitrogen and oxygen atoms in total. The van der Waals surface area contributed by atoms with Gasteiger partial charge in [0.25, 0.3) is 0 Å². The van der Waals surface area contributed by atoms with Gasteiger partial charge in [-0.25, -0.2) is 0 Å². The molecule has 0 rings (SSSR count). The van der Waals surface area contributed by atoms with Crippen LogP contribution in [0.5, 0.6) is 0 Å². The highest BCUT2D eigenvalue weighted by Gasteiger charge is 1.97. The standard InChI is InChI=1S/C12H23NO2/c1-5-6-12(13-9-11(2)3)10-15-8-7-14-4/h9H,5-8,10H2,1-4H3. The summed E-state index contributed by atoms with van der Waals surface area (Å²) in [7, 11) is 1.67. The van der Waals surface area contributed by atoms with Crippen molar-refractivity contribution in [3.63, 3.8) is 0 Å². The van der Waals surface area contributed by atoms with Crippen molar-refractivity contribution in [2.75, 3.05) is 26.9 Å². The van der Waals surface area contributed by atoms with E-state index in [1.54, 1.807) is 7.11 Å². The monoisotopic (exact) mass is 213 g/mol. The second-order valence-corrected chi connectivity index (χ2v) is 3.70. The van der Waals surface area contributed by atoms with Crippen LogP contribution >= 0.6 is 0 Å². The number of ether oxygens (including phenoxy) is 2. The molecule has 88 valence electrons. The third-order valence-electron chi connectivity index (χ3n) is 1.74. The first-order valence-corrected chi connectivity index (χ1v) is 5.46. The predicted octanol–water partition coefficient (Wildman–Crippen LogP) is 2.81. The van der Waals surface area contributed by atoms with Gasteiger partial charge < -0.3 is 9.47 Å². The van der Waals surface area contributed by atoms with E-state index in [2.05, 4.69) is 11.9 Å². The molecule has 0 N–H and O–H groups in total. The quantitative estimate of drug-likeness (QED) is 0.458. The molecule has 0 atom stereocenters. The molecule has 0 amide bonds. The molecular formula is C12H23NO2. The van der Waals surface area contributed by atoms with E-state index in [1.165, 1.54) is 5.57 Å². The van der Waals surface area contributed by atoms with E-state index in [4.69, 9.17) is 9.47 Å². The molecule has 0 fully saturated rings. The zero-order valence-corrected chi connectivity index (χ0v) is 10.4. The van der Waals surface area contributed by atoms with Crippen LogP contribution in [-0.4, -0.2) is 32.6 Å². The van der Waals surface area contributed by atoms with Gasteiger partial charge in [-0.15, -0.1) is 0 Å². The van der Waals surface area contributed by atoms with Crippen molar-refractivity contribution in [3.05, 3.63) is 11.8 Å². The lowest BCUT2D eigenvalue weighted by molar-refractivity contribution is 0.0895. The molecular weight excluding hydrogens is 190 g/mol. The minimum atomic E-state index is 0.612. The number of methoxy groups -OCH3 is 1. The molecule has 0 aliphatic heterocycles. The third-order valence-corrected chi connectivity index (χ3v) is 1.74. The first-order chi connectivity index (χ1) is 7.20. The summed E-state index contributed by atoms with van der Waals surface area (Å²) in [5.74, 6) is 0. The Labute approximate surface area is 93.2 Å². The Hall–Kier alpha value is -0.670. The molecule has 0 aliphatic carbocycles. The van der Waals surface area contributed by atoms with Crippen LogP contribution in [0.15, 0.2) is 16.8 Å². The van der Waals surface area contributed by atoms with Crippen LogP contribution in [-0.2, 0) is 9.47 Å². The zero-order valence-electron chi connectivity index (χ0n) is 10.4. The summed E-state index contributed by atoms with van der Waals surface area (Å²) in [5, 5.41) is 0. The van der Waals surface area contributed by atoms with Gasteiger partial charge in [0, 0.05) is 19.0 Å². The van der Waals surface area contributed by atoms with Gasteiger partial charge >= 0.3 is 0 Å². The van der Waals surface area contributed by atoms with Crippen LogP contribution in [0.1, 0.15) is 33.6 Å². The fraction of sp³-hybridized carbons (Fsp3) is 0.750. The summed E-state index contributed by atoms with van der Waals surface area (Å²) in [5.41, 5.74) is 2.32. The Kier molecular flexibility index (Phi) is 9.43. The average Bonchev–Trinajstić information content (AvgIpc) is 2.20. The van der Waals surface area contributed by atoms with Gasteiger partial charge in [0.1, 0.15) is 0 Å². The highest BCUT2D eigenvalue weighted by Crippen LogP contribution is 1.97. The predicted molar refractivity (Wildman–Crippen MR) is 64.5 cm³/mol. The fourth-order valence-electron chi connectivity index (χ4n) is 1.02. The van der Waals surface area contributed by atoms with Crippen LogP contribution in [0.3, 0.4) is 0 Å². The Morgan fingerprint density at radius 2 is 2.00 bits per heavy atom. The maximum atomic E-state index is 5.44. The number of hydrogen-bond acceptors (Lipinski definition) is 3. The van der Waals surface area contributed by atoms with Gasteiger partial charge in [0.05, 0.1) is 19.8 Å². The lowest BCUT2D eigenvalue weighted by Gasteiger charge is -2.05. The summed E-state index contributed by atoms with van der Waals surface area (Å²) >= 11 is 0. The van der Waals surface area contributed by atoms with Crippen molar-refractivity contribution in [1.82, 2.24) is 0 Å². The van der Waals surface area contributed by atoms with E-state index in [1.807, 2.05) is 20.0 Å². The Balaban J connectivity index is 3.93. The second-order valence-electron chi connectivity index (χ2n) is 3.70. The van der Waals surface area contributed by atoms with E-state index in [-0.39, 0.29) is 0 Å². The minimum Gasteiger partial charge on any atom is -0.382 e. The smallest absolute Gasteiger partial charge is 0.0849 e. The third kappa shape index (κ3) is 9.63. The van der Waals surface area contributed by atoms with Gasteiger partial charge in [-0.2, -0.15) is 0 Å². The van der Waals surface area contributed by atoms with Gasteiger partial charge in [-0.05, 0) is 20.3 Å². The van der Waals surface area contributed by atoms with Crippen molar-refractivity contribution >= 4 is 5.71 Å². The van der Waals surface area contributed by atoms with Crippen LogP contribution in [0, 0.1) is 0 Å². The van der Waals surface area contributed by atoms with Crippen molar-refractivity contribution < 1.29 is 9.47 Å². The first kappa shape index (κ1) is 14.3. The fourth-order valence-corrected chi connectivity index (χ4v) is 1.02. The van der Waals surface area contributed by atoms with Gasteiger partial charge in [-0.1, -0.05) is 18.9 Å². The molecule has 0 spiro atoms. The Morgan fingerprint density at radius 3 is 2.53 bits per heavy atom. The van der Waals surface area contributed by atoms with E-state index < -0.39 is 0 Å². The molecule has 0 aliphatic rings. The van der Waals surface area contributed by atoms with Crippen molar-refractivity contribution in [3.8, 4) is 0 Å². The largest absolute Gasteiger partial charge is 0.382 e. The van der Waals surface area contributed by atoms with Crippen LogP contribution in [0.4, 0.5) is 0 Å². The summed E-state index contributed by atoms with van der Waals surface area (Å²) in [4.78, 5) is 4.40. The SMILES string of the molecule is CCCC(COCCOC)=NC=C(C)C. The summed E-state index contributed by atoms with van der Waals surface area (Å²) < 4.78 is 10.3. The minimum absolute atomic E-state index is 0.612. The molecule has 3 heteroatoms.